The third kappa shape index (κ3) is 1.48. The van der Waals surface area contributed by atoms with Gasteiger partial charge < -0.3 is 0 Å². The molecule has 0 saturated heterocycles. The molecule has 16 heavy (non-hydrogen) atoms. The predicted molar refractivity (Wildman–Crippen MR) is 57.9 cm³/mol. The smallest absolute Gasteiger partial charge is 0.258 e. The van der Waals surface area contributed by atoms with Crippen LogP contribution in [0, 0.1) is 20.2 Å². The predicted octanol–water partition coefficient (Wildman–Crippen LogP) is 2.77. The minimum Gasteiger partial charge on any atom is -0.258 e. The first-order chi connectivity index (χ1) is 7.52. The number of hydrogen-bond donors (Lipinski definition) is 0. The topological polar surface area (TPSA) is 99.2 Å². The van der Waals surface area contributed by atoms with E-state index in [0.717, 1.165) is 17.6 Å². The molecule has 0 aliphatic carbocycles. The van der Waals surface area contributed by atoms with E-state index in [4.69, 9.17) is 11.6 Å². The molecular formula is C7H2ClN3O4S. The molecule has 0 saturated carbocycles. The summed E-state index contributed by atoms with van der Waals surface area (Å²) in [7, 11) is 0. The Morgan fingerprint density at radius 1 is 1.25 bits per heavy atom. The number of aromatic nitrogens is 1. The first kappa shape index (κ1) is 10.7. The zero-order valence-electron chi connectivity index (χ0n) is 7.42. The molecular weight excluding hydrogens is 258 g/mol. The molecule has 0 radical (unpaired) electrons. The number of halogens is 1. The maximum absolute atomic E-state index is 10.7. The highest BCUT2D eigenvalue weighted by atomic mass is 35.5. The van der Waals surface area contributed by atoms with Crippen molar-refractivity contribution in [2.24, 2.45) is 0 Å². The molecule has 0 bridgehead atoms. The van der Waals surface area contributed by atoms with E-state index in [2.05, 4.69) is 4.37 Å². The summed E-state index contributed by atoms with van der Waals surface area (Å²) in [5.74, 6) is 0. The average molecular weight is 260 g/mol. The van der Waals surface area contributed by atoms with Gasteiger partial charge in [-0.1, -0.05) is 11.6 Å². The molecule has 9 heteroatoms. The van der Waals surface area contributed by atoms with Gasteiger partial charge in [0, 0.05) is 5.39 Å². The monoisotopic (exact) mass is 259 g/mol. The van der Waals surface area contributed by atoms with Gasteiger partial charge in [0.05, 0.1) is 22.1 Å². The minimum atomic E-state index is -0.757. The van der Waals surface area contributed by atoms with Crippen LogP contribution in [0.3, 0.4) is 0 Å². The number of fused-ring (bicyclic) bond motifs is 1. The Hall–Kier alpha value is -1.80. The van der Waals surface area contributed by atoms with Gasteiger partial charge in [-0.15, -0.1) is 0 Å². The van der Waals surface area contributed by atoms with Crippen LogP contribution < -0.4 is 0 Å². The maximum Gasteiger partial charge on any atom is 0.295 e. The zero-order chi connectivity index (χ0) is 11.9. The Bertz CT molecular complexity index is 611. The average Bonchev–Trinajstić information content (AvgIpc) is 2.66. The van der Waals surface area contributed by atoms with Crippen LogP contribution >= 0.6 is 23.1 Å². The fourth-order valence-electron chi connectivity index (χ4n) is 1.25. The molecule has 2 aromatic rings. The fourth-order valence-corrected chi connectivity index (χ4v) is 2.31. The molecule has 0 aliphatic rings. The van der Waals surface area contributed by atoms with Crippen molar-refractivity contribution in [3.8, 4) is 0 Å². The van der Waals surface area contributed by atoms with Gasteiger partial charge in [-0.05, 0) is 11.5 Å². The van der Waals surface area contributed by atoms with Gasteiger partial charge in [0.1, 0.15) is 9.72 Å². The van der Waals surface area contributed by atoms with Crippen LogP contribution in [-0.4, -0.2) is 14.2 Å². The van der Waals surface area contributed by atoms with E-state index in [-0.39, 0.29) is 20.8 Å². The summed E-state index contributed by atoms with van der Waals surface area (Å²) in [6.07, 6.45) is 1.28. The SMILES string of the molecule is O=[N+]([O-])c1cc([N+](=O)[O-])c2sncc2c1Cl. The van der Waals surface area contributed by atoms with Crippen LogP contribution in [0.5, 0.6) is 0 Å². The number of nitrogens with zero attached hydrogens (tertiary/aromatic N) is 3. The van der Waals surface area contributed by atoms with Crippen molar-refractivity contribution in [1.82, 2.24) is 4.37 Å². The van der Waals surface area contributed by atoms with Crippen LogP contribution in [0.4, 0.5) is 11.4 Å². The van der Waals surface area contributed by atoms with E-state index >= 15 is 0 Å². The molecule has 1 heterocycles. The summed E-state index contributed by atoms with van der Waals surface area (Å²) in [6, 6.07) is 0.850. The first-order valence-electron chi connectivity index (χ1n) is 3.88. The minimum absolute atomic E-state index is 0.126. The zero-order valence-corrected chi connectivity index (χ0v) is 8.99. The van der Waals surface area contributed by atoms with Gasteiger partial charge in [-0.25, -0.2) is 0 Å². The van der Waals surface area contributed by atoms with E-state index < -0.39 is 15.5 Å². The number of non-ortho nitro benzene ring substituents is 1. The second kappa shape index (κ2) is 3.65. The standard InChI is InChI=1S/C7H2ClN3O4S/c8-6-3-2-9-16-7(3)5(11(14)15)1-4(6)10(12)13/h1-2H. The van der Waals surface area contributed by atoms with Gasteiger partial charge >= 0.3 is 0 Å². The lowest BCUT2D eigenvalue weighted by atomic mass is 10.2. The lowest BCUT2D eigenvalue weighted by molar-refractivity contribution is -0.392. The van der Waals surface area contributed by atoms with Gasteiger partial charge in [-0.3, -0.25) is 20.2 Å². The summed E-state index contributed by atoms with van der Waals surface area (Å²) in [5.41, 5.74) is -0.838. The Kier molecular flexibility index (Phi) is 2.44. The van der Waals surface area contributed by atoms with Gasteiger partial charge in [0.15, 0.2) is 0 Å². The van der Waals surface area contributed by atoms with Crippen molar-refractivity contribution in [3.05, 3.63) is 37.5 Å². The molecule has 7 nitrogen and oxygen atoms in total. The summed E-state index contributed by atoms with van der Waals surface area (Å²) in [4.78, 5) is 19.9. The summed E-state index contributed by atoms with van der Waals surface area (Å²) in [6.45, 7) is 0. The molecule has 0 fully saturated rings. The van der Waals surface area contributed by atoms with Crippen molar-refractivity contribution in [3.63, 3.8) is 0 Å². The highest BCUT2D eigenvalue weighted by Crippen LogP contribution is 2.40. The van der Waals surface area contributed by atoms with Crippen molar-refractivity contribution < 1.29 is 9.85 Å². The normalized spacial score (nSPS) is 10.6. The number of rotatable bonds is 2. The van der Waals surface area contributed by atoms with E-state index in [9.17, 15) is 20.2 Å². The van der Waals surface area contributed by atoms with Crippen molar-refractivity contribution in [1.29, 1.82) is 0 Å². The second-order valence-electron chi connectivity index (χ2n) is 2.81. The molecule has 0 amide bonds. The Morgan fingerprint density at radius 2 is 1.88 bits per heavy atom. The fraction of sp³-hybridized carbons (Fsp3) is 0. The molecule has 2 rings (SSSR count). The number of nitro benzene ring substituents is 2. The van der Waals surface area contributed by atoms with Gasteiger partial charge in [-0.2, -0.15) is 4.37 Å². The van der Waals surface area contributed by atoms with Crippen LogP contribution in [0.1, 0.15) is 0 Å². The molecule has 0 N–H and O–H groups in total. The Morgan fingerprint density at radius 3 is 2.44 bits per heavy atom. The molecule has 1 aromatic carbocycles. The molecule has 0 unspecified atom stereocenters. The van der Waals surface area contributed by atoms with Gasteiger partial charge in [0.25, 0.3) is 11.4 Å². The number of hydrogen-bond acceptors (Lipinski definition) is 6. The molecule has 0 aliphatic heterocycles. The van der Waals surface area contributed by atoms with Gasteiger partial charge in [0.2, 0.25) is 0 Å². The third-order valence-corrected chi connectivity index (χ3v) is 3.15. The lowest BCUT2D eigenvalue weighted by Crippen LogP contribution is -1.93. The van der Waals surface area contributed by atoms with Crippen LogP contribution in [0.2, 0.25) is 5.02 Å². The van der Waals surface area contributed by atoms with Crippen LogP contribution in [0.25, 0.3) is 10.1 Å². The van der Waals surface area contributed by atoms with Crippen molar-refractivity contribution in [2.45, 2.75) is 0 Å². The Labute approximate surface area is 96.7 Å². The second-order valence-corrected chi connectivity index (χ2v) is 3.99. The lowest BCUT2D eigenvalue weighted by Gasteiger charge is -1.97. The first-order valence-corrected chi connectivity index (χ1v) is 5.03. The van der Waals surface area contributed by atoms with E-state index in [1.54, 1.807) is 0 Å². The highest BCUT2D eigenvalue weighted by molar-refractivity contribution is 7.14. The Balaban J connectivity index is 2.90. The molecule has 82 valence electrons. The van der Waals surface area contributed by atoms with E-state index in [1.807, 2.05) is 0 Å². The largest absolute Gasteiger partial charge is 0.295 e. The molecule has 1 aromatic heterocycles. The quantitative estimate of drug-likeness (QED) is 0.610. The maximum atomic E-state index is 10.7. The van der Waals surface area contributed by atoms with E-state index in [0.29, 0.717) is 0 Å². The summed E-state index contributed by atoms with van der Waals surface area (Å²) >= 11 is 6.64. The molecule has 0 spiro atoms. The summed E-state index contributed by atoms with van der Waals surface area (Å²) < 4.78 is 3.97. The van der Waals surface area contributed by atoms with Crippen LogP contribution in [0.15, 0.2) is 12.3 Å². The van der Waals surface area contributed by atoms with E-state index in [1.165, 1.54) is 6.20 Å². The summed E-state index contributed by atoms with van der Waals surface area (Å²) in [5, 5.41) is 21.5. The van der Waals surface area contributed by atoms with Crippen molar-refractivity contribution in [2.75, 3.05) is 0 Å². The highest BCUT2D eigenvalue weighted by Gasteiger charge is 2.25. The molecule has 0 atom stereocenters. The van der Waals surface area contributed by atoms with Crippen molar-refractivity contribution >= 4 is 44.6 Å². The number of benzene rings is 1. The third-order valence-electron chi connectivity index (χ3n) is 1.93. The van der Waals surface area contributed by atoms with Crippen LogP contribution in [-0.2, 0) is 0 Å². The number of nitro groups is 2.